The van der Waals surface area contributed by atoms with Crippen LogP contribution in [0.4, 0.5) is 0 Å². The number of carbonyl (C=O) groups is 1. The predicted octanol–water partition coefficient (Wildman–Crippen LogP) is 4.95. The SMILES string of the molecule is N#C/C(=C\c1ccc(Br)s1)C(=O)c1ccc(Cl)cc1. The zero-order valence-electron chi connectivity index (χ0n) is 9.56. The molecular formula is C14H7BrClNOS. The zero-order valence-corrected chi connectivity index (χ0v) is 12.7. The molecule has 2 aromatic rings. The molecule has 0 bridgehead atoms. The Labute approximate surface area is 128 Å². The van der Waals surface area contributed by atoms with Crippen molar-refractivity contribution < 1.29 is 4.79 Å². The number of nitriles is 1. The fourth-order valence-electron chi connectivity index (χ4n) is 1.45. The second kappa shape index (κ2) is 6.16. The van der Waals surface area contributed by atoms with Gasteiger partial charge in [0, 0.05) is 15.5 Å². The second-order valence-electron chi connectivity index (χ2n) is 3.65. The van der Waals surface area contributed by atoms with Crippen molar-refractivity contribution >= 4 is 50.7 Å². The molecule has 0 spiro atoms. The van der Waals surface area contributed by atoms with Gasteiger partial charge in [-0.2, -0.15) is 5.26 Å². The molecule has 0 aliphatic carbocycles. The number of allylic oxidation sites excluding steroid dienone is 1. The van der Waals surface area contributed by atoms with Gasteiger partial charge in [-0.25, -0.2) is 0 Å². The Morgan fingerprint density at radius 1 is 1.26 bits per heavy atom. The highest BCUT2D eigenvalue weighted by molar-refractivity contribution is 9.11. The van der Waals surface area contributed by atoms with Gasteiger partial charge in [0.25, 0.3) is 0 Å². The Morgan fingerprint density at radius 3 is 2.47 bits per heavy atom. The van der Waals surface area contributed by atoms with Gasteiger partial charge in [0.15, 0.2) is 0 Å². The molecule has 0 atom stereocenters. The van der Waals surface area contributed by atoms with E-state index in [-0.39, 0.29) is 11.4 Å². The Balaban J connectivity index is 2.32. The highest BCUT2D eigenvalue weighted by Gasteiger charge is 2.12. The van der Waals surface area contributed by atoms with Crippen LogP contribution >= 0.6 is 38.9 Å². The maximum atomic E-state index is 12.2. The Hall–Kier alpha value is -1.41. The van der Waals surface area contributed by atoms with E-state index < -0.39 is 0 Å². The van der Waals surface area contributed by atoms with Crippen LogP contribution in [0.2, 0.25) is 5.02 Å². The average molecular weight is 353 g/mol. The van der Waals surface area contributed by atoms with Gasteiger partial charge in [-0.05, 0) is 58.4 Å². The molecule has 0 unspecified atom stereocenters. The molecule has 0 aliphatic heterocycles. The monoisotopic (exact) mass is 351 g/mol. The van der Waals surface area contributed by atoms with E-state index in [4.69, 9.17) is 16.9 Å². The number of hydrogen-bond acceptors (Lipinski definition) is 3. The van der Waals surface area contributed by atoms with Crippen LogP contribution in [0.15, 0.2) is 45.8 Å². The number of rotatable bonds is 3. The number of ketones is 1. The molecule has 0 aliphatic rings. The molecule has 0 fully saturated rings. The van der Waals surface area contributed by atoms with Gasteiger partial charge in [0.05, 0.1) is 3.79 Å². The van der Waals surface area contributed by atoms with Crippen molar-refractivity contribution in [1.82, 2.24) is 0 Å². The molecule has 2 nitrogen and oxygen atoms in total. The second-order valence-corrected chi connectivity index (χ2v) is 6.58. The molecule has 0 N–H and O–H groups in total. The number of hydrogen-bond donors (Lipinski definition) is 0. The van der Waals surface area contributed by atoms with Gasteiger partial charge in [0.2, 0.25) is 5.78 Å². The van der Waals surface area contributed by atoms with Crippen molar-refractivity contribution in [3.05, 3.63) is 61.2 Å². The first-order valence-corrected chi connectivity index (χ1v) is 7.26. The molecular weight excluding hydrogens is 346 g/mol. The lowest BCUT2D eigenvalue weighted by Crippen LogP contribution is -2.01. The van der Waals surface area contributed by atoms with E-state index in [0.717, 1.165) is 8.66 Å². The van der Waals surface area contributed by atoms with Gasteiger partial charge in [-0.1, -0.05) is 11.6 Å². The van der Waals surface area contributed by atoms with E-state index in [1.54, 1.807) is 30.3 Å². The lowest BCUT2D eigenvalue weighted by Gasteiger charge is -1.99. The Kier molecular flexibility index (Phi) is 4.54. The summed E-state index contributed by atoms with van der Waals surface area (Å²) in [6.45, 7) is 0. The lowest BCUT2D eigenvalue weighted by molar-refractivity contribution is 0.104. The molecule has 1 aromatic carbocycles. The van der Waals surface area contributed by atoms with Crippen LogP contribution in [0.1, 0.15) is 15.2 Å². The normalized spacial score (nSPS) is 11.1. The topological polar surface area (TPSA) is 40.9 Å². The van der Waals surface area contributed by atoms with E-state index in [1.807, 2.05) is 18.2 Å². The number of nitrogens with zero attached hydrogens (tertiary/aromatic N) is 1. The van der Waals surface area contributed by atoms with E-state index in [0.29, 0.717) is 10.6 Å². The van der Waals surface area contributed by atoms with Gasteiger partial charge >= 0.3 is 0 Å². The van der Waals surface area contributed by atoms with Crippen molar-refractivity contribution in [2.24, 2.45) is 0 Å². The summed E-state index contributed by atoms with van der Waals surface area (Å²) >= 11 is 10.6. The van der Waals surface area contributed by atoms with Crippen LogP contribution in [-0.4, -0.2) is 5.78 Å². The maximum Gasteiger partial charge on any atom is 0.203 e. The first-order valence-electron chi connectivity index (χ1n) is 5.27. The fourth-order valence-corrected chi connectivity index (χ4v) is 2.95. The lowest BCUT2D eigenvalue weighted by atomic mass is 10.0. The fraction of sp³-hybridized carbons (Fsp3) is 0. The molecule has 5 heteroatoms. The predicted molar refractivity (Wildman–Crippen MR) is 81.4 cm³/mol. The summed E-state index contributed by atoms with van der Waals surface area (Å²) in [6.07, 6.45) is 1.59. The van der Waals surface area contributed by atoms with E-state index >= 15 is 0 Å². The van der Waals surface area contributed by atoms with Gasteiger partial charge in [0.1, 0.15) is 11.6 Å². The first-order chi connectivity index (χ1) is 9.10. The standard InChI is InChI=1S/C14H7BrClNOS/c15-13-6-5-12(19-13)7-10(8-17)14(18)9-1-3-11(16)4-2-9/h1-7H/b10-7+. The third kappa shape index (κ3) is 3.54. The molecule has 1 aromatic heterocycles. The molecule has 0 amide bonds. The van der Waals surface area contributed by atoms with Crippen molar-refractivity contribution in [2.75, 3.05) is 0 Å². The van der Waals surface area contributed by atoms with Gasteiger partial charge < -0.3 is 0 Å². The minimum absolute atomic E-state index is 0.108. The molecule has 2 rings (SSSR count). The van der Waals surface area contributed by atoms with Crippen LogP contribution in [0.25, 0.3) is 6.08 Å². The highest BCUT2D eigenvalue weighted by Crippen LogP contribution is 2.25. The number of thiophene rings is 1. The van der Waals surface area contributed by atoms with Crippen LogP contribution in [-0.2, 0) is 0 Å². The summed E-state index contributed by atoms with van der Waals surface area (Å²) in [4.78, 5) is 13.0. The van der Waals surface area contributed by atoms with Crippen LogP contribution < -0.4 is 0 Å². The molecule has 19 heavy (non-hydrogen) atoms. The number of benzene rings is 1. The quantitative estimate of drug-likeness (QED) is 0.445. The number of halogens is 2. The summed E-state index contributed by atoms with van der Waals surface area (Å²) in [5.74, 6) is -0.302. The molecule has 1 heterocycles. The number of carbonyl (C=O) groups excluding carboxylic acids is 1. The minimum Gasteiger partial charge on any atom is -0.288 e. The van der Waals surface area contributed by atoms with Crippen molar-refractivity contribution in [1.29, 1.82) is 5.26 Å². The smallest absolute Gasteiger partial charge is 0.203 e. The van der Waals surface area contributed by atoms with Crippen LogP contribution in [0, 0.1) is 11.3 Å². The largest absolute Gasteiger partial charge is 0.288 e. The Bertz CT molecular complexity index is 682. The van der Waals surface area contributed by atoms with Crippen LogP contribution in [0.5, 0.6) is 0 Å². The van der Waals surface area contributed by atoms with Gasteiger partial charge in [-0.3, -0.25) is 4.79 Å². The highest BCUT2D eigenvalue weighted by atomic mass is 79.9. The molecule has 94 valence electrons. The van der Waals surface area contributed by atoms with Crippen molar-refractivity contribution in [3.8, 4) is 6.07 Å². The summed E-state index contributed by atoms with van der Waals surface area (Å²) in [5, 5.41) is 9.66. The average Bonchev–Trinajstić information content (AvgIpc) is 2.81. The third-order valence-corrected chi connectivity index (χ3v) is 4.17. The van der Waals surface area contributed by atoms with Crippen molar-refractivity contribution in [3.63, 3.8) is 0 Å². The molecule has 0 saturated heterocycles. The summed E-state index contributed by atoms with van der Waals surface area (Å²) in [5.41, 5.74) is 0.560. The molecule has 0 radical (unpaired) electrons. The van der Waals surface area contributed by atoms with Gasteiger partial charge in [-0.15, -0.1) is 11.3 Å². The molecule has 0 saturated carbocycles. The van der Waals surface area contributed by atoms with E-state index in [1.165, 1.54) is 11.3 Å². The maximum absolute atomic E-state index is 12.2. The zero-order chi connectivity index (χ0) is 13.8. The van der Waals surface area contributed by atoms with E-state index in [9.17, 15) is 4.79 Å². The minimum atomic E-state index is -0.302. The first kappa shape index (κ1) is 14.0. The van der Waals surface area contributed by atoms with Crippen LogP contribution in [0.3, 0.4) is 0 Å². The van der Waals surface area contributed by atoms with Crippen molar-refractivity contribution in [2.45, 2.75) is 0 Å². The summed E-state index contributed by atoms with van der Waals surface area (Å²) in [6, 6.07) is 12.1. The summed E-state index contributed by atoms with van der Waals surface area (Å²) < 4.78 is 0.954. The number of Topliss-reactive ketones (excluding diaryl/α,β-unsaturated/α-hetero) is 1. The summed E-state index contributed by atoms with van der Waals surface area (Å²) in [7, 11) is 0. The third-order valence-electron chi connectivity index (χ3n) is 2.35. The Morgan fingerprint density at radius 2 is 1.95 bits per heavy atom. The van der Waals surface area contributed by atoms with E-state index in [2.05, 4.69) is 15.9 Å².